The third-order valence-corrected chi connectivity index (χ3v) is 2.28. The van der Waals surface area contributed by atoms with E-state index in [0.29, 0.717) is 11.3 Å². The largest absolute Gasteiger partial charge is 0.479 e. The molecule has 2 aromatic rings. The Hall–Kier alpha value is -1.88. The maximum Gasteiger partial charge on any atom is 0.180 e. The van der Waals surface area contributed by atoms with Crippen molar-refractivity contribution in [1.29, 1.82) is 0 Å². The lowest BCUT2D eigenvalue weighted by molar-refractivity contribution is 0.265. The average Bonchev–Trinajstić information content (AvgIpc) is 2.77. The molecule has 0 bridgehead atoms. The number of ether oxygens (including phenoxy) is 1. The van der Waals surface area contributed by atoms with E-state index >= 15 is 0 Å². The number of furan rings is 1. The van der Waals surface area contributed by atoms with Gasteiger partial charge in [-0.05, 0) is 19.1 Å². The number of benzene rings is 1. The highest BCUT2D eigenvalue weighted by Gasteiger charge is 2.12. The number of halogens is 1. The first-order valence-corrected chi connectivity index (χ1v) is 4.82. The number of rotatable bonds is 3. The third kappa shape index (κ3) is 2.62. The molecule has 0 aliphatic carbocycles. The van der Waals surface area contributed by atoms with Crippen molar-refractivity contribution >= 4 is 29.2 Å². The van der Waals surface area contributed by atoms with Gasteiger partial charge in [-0.3, -0.25) is 0 Å². The summed E-state index contributed by atoms with van der Waals surface area (Å²) in [5, 5.41) is 12.4. The quantitative estimate of drug-likeness (QED) is 0.382. The second-order valence-corrected chi connectivity index (χ2v) is 3.38. The summed E-state index contributed by atoms with van der Waals surface area (Å²) in [4.78, 5) is 0. The highest BCUT2D eigenvalue weighted by molar-refractivity contribution is 5.86. The molecule has 1 atom stereocenters. The molecule has 1 aromatic heterocycles. The predicted octanol–water partition coefficient (Wildman–Crippen LogP) is 2.37. The van der Waals surface area contributed by atoms with Crippen molar-refractivity contribution in [3.8, 4) is 5.75 Å². The number of para-hydroxylation sites is 1. The molecule has 0 fully saturated rings. The summed E-state index contributed by atoms with van der Waals surface area (Å²) in [6.45, 7) is 1.69. The van der Waals surface area contributed by atoms with E-state index in [-0.39, 0.29) is 18.2 Å². The van der Waals surface area contributed by atoms with Gasteiger partial charge in [-0.25, -0.2) is 0 Å². The Morgan fingerprint density at radius 2 is 2.24 bits per heavy atom. The summed E-state index contributed by atoms with van der Waals surface area (Å²) in [5.74, 6) is 0.588. The van der Waals surface area contributed by atoms with Crippen LogP contribution in [-0.4, -0.2) is 17.1 Å². The normalized spacial score (nSPS) is 13.1. The lowest BCUT2D eigenvalue weighted by Crippen LogP contribution is -2.31. The molecule has 92 valence electrons. The van der Waals surface area contributed by atoms with Gasteiger partial charge in [0.15, 0.2) is 23.3 Å². The zero-order chi connectivity index (χ0) is 11.5. The first kappa shape index (κ1) is 13.2. The number of fused-ring (bicyclic) bond motifs is 1. The van der Waals surface area contributed by atoms with E-state index in [4.69, 9.17) is 20.1 Å². The Kier molecular flexibility index (Phi) is 4.23. The molecule has 1 aromatic carbocycles. The van der Waals surface area contributed by atoms with Crippen LogP contribution in [0.25, 0.3) is 11.0 Å². The minimum absolute atomic E-state index is 0. The van der Waals surface area contributed by atoms with Crippen LogP contribution in [0, 0.1) is 0 Å². The van der Waals surface area contributed by atoms with Gasteiger partial charge in [0.2, 0.25) is 0 Å². The SMILES string of the molecule is CC(Oc1cccc2ccoc12)C(N)=NO.Cl. The average molecular weight is 257 g/mol. The Bertz CT molecular complexity index is 524. The molecular formula is C11H13ClN2O3. The van der Waals surface area contributed by atoms with Gasteiger partial charge in [-0.15, -0.1) is 12.4 Å². The molecule has 1 heterocycles. The molecule has 5 nitrogen and oxygen atoms in total. The zero-order valence-corrected chi connectivity index (χ0v) is 9.98. The van der Waals surface area contributed by atoms with Crippen molar-refractivity contribution in [2.24, 2.45) is 10.9 Å². The minimum atomic E-state index is -0.513. The van der Waals surface area contributed by atoms with Crippen molar-refractivity contribution in [1.82, 2.24) is 0 Å². The Balaban J connectivity index is 0.00000144. The van der Waals surface area contributed by atoms with Crippen LogP contribution in [0.3, 0.4) is 0 Å². The molecule has 3 N–H and O–H groups in total. The first-order chi connectivity index (χ1) is 7.72. The molecule has 0 aliphatic heterocycles. The number of nitrogens with zero attached hydrogens (tertiary/aromatic N) is 1. The van der Waals surface area contributed by atoms with Gasteiger partial charge in [-0.1, -0.05) is 17.3 Å². The van der Waals surface area contributed by atoms with Crippen molar-refractivity contribution in [3.63, 3.8) is 0 Å². The van der Waals surface area contributed by atoms with Gasteiger partial charge in [0.1, 0.15) is 0 Å². The van der Waals surface area contributed by atoms with Gasteiger partial charge < -0.3 is 20.1 Å². The van der Waals surface area contributed by atoms with Gasteiger partial charge in [-0.2, -0.15) is 0 Å². The fourth-order valence-corrected chi connectivity index (χ4v) is 1.39. The molecule has 17 heavy (non-hydrogen) atoms. The number of hydrogen-bond donors (Lipinski definition) is 2. The maximum absolute atomic E-state index is 8.52. The lowest BCUT2D eigenvalue weighted by atomic mass is 10.2. The van der Waals surface area contributed by atoms with Crippen LogP contribution in [0.4, 0.5) is 0 Å². The topological polar surface area (TPSA) is 81.0 Å². The Labute approximate surface area is 104 Å². The van der Waals surface area contributed by atoms with Crippen LogP contribution >= 0.6 is 12.4 Å². The summed E-state index contributed by atoms with van der Waals surface area (Å²) in [5.41, 5.74) is 6.08. The highest BCUT2D eigenvalue weighted by atomic mass is 35.5. The van der Waals surface area contributed by atoms with Crippen LogP contribution in [0.5, 0.6) is 5.75 Å². The number of nitrogens with two attached hydrogens (primary N) is 1. The van der Waals surface area contributed by atoms with Crippen molar-refractivity contribution in [2.75, 3.05) is 0 Å². The van der Waals surface area contributed by atoms with E-state index in [2.05, 4.69) is 5.16 Å². The smallest absolute Gasteiger partial charge is 0.180 e. The number of amidine groups is 1. The lowest BCUT2D eigenvalue weighted by Gasteiger charge is -2.12. The Morgan fingerprint density at radius 3 is 2.94 bits per heavy atom. The summed E-state index contributed by atoms with van der Waals surface area (Å²) < 4.78 is 10.8. The van der Waals surface area contributed by atoms with Crippen LogP contribution in [0.15, 0.2) is 40.1 Å². The third-order valence-electron chi connectivity index (χ3n) is 2.28. The van der Waals surface area contributed by atoms with Gasteiger partial charge in [0.25, 0.3) is 0 Å². The van der Waals surface area contributed by atoms with E-state index in [1.54, 1.807) is 19.3 Å². The highest BCUT2D eigenvalue weighted by Crippen LogP contribution is 2.26. The summed E-state index contributed by atoms with van der Waals surface area (Å²) >= 11 is 0. The van der Waals surface area contributed by atoms with E-state index in [9.17, 15) is 0 Å². The van der Waals surface area contributed by atoms with Crippen molar-refractivity contribution in [2.45, 2.75) is 13.0 Å². The molecule has 0 spiro atoms. The van der Waals surface area contributed by atoms with Crippen molar-refractivity contribution < 1.29 is 14.4 Å². The monoisotopic (exact) mass is 256 g/mol. The minimum Gasteiger partial charge on any atom is -0.479 e. The summed E-state index contributed by atoms with van der Waals surface area (Å²) in [7, 11) is 0. The standard InChI is InChI=1S/C11H12N2O3.ClH/c1-7(11(12)13-14)16-9-4-2-3-8-5-6-15-10(8)9;/h2-7,14H,1H3,(H2,12,13);1H. The first-order valence-electron chi connectivity index (χ1n) is 4.82. The second-order valence-electron chi connectivity index (χ2n) is 3.38. The fourth-order valence-electron chi connectivity index (χ4n) is 1.39. The fraction of sp³-hybridized carbons (Fsp3) is 0.182. The summed E-state index contributed by atoms with van der Waals surface area (Å²) in [6, 6.07) is 7.38. The van der Waals surface area contributed by atoms with E-state index in [1.807, 2.05) is 18.2 Å². The van der Waals surface area contributed by atoms with E-state index < -0.39 is 6.10 Å². The molecule has 2 rings (SSSR count). The van der Waals surface area contributed by atoms with E-state index in [0.717, 1.165) is 5.39 Å². The molecule has 1 unspecified atom stereocenters. The van der Waals surface area contributed by atoms with Gasteiger partial charge >= 0.3 is 0 Å². The summed E-state index contributed by atoms with van der Waals surface area (Å²) in [6.07, 6.45) is 1.08. The Morgan fingerprint density at radius 1 is 1.47 bits per heavy atom. The zero-order valence-electron chi connectivity index (χ0n) is 9.16. The van der Waals surface area contributed by atoms with Crippen LogP contribution < -0.4 is 10.5 Å². The molecule has 0 aliphatic rings. The van der Waals surface area contributed by atoms with Crippen LogP contribution in [0.2, 0.25) is 0 Å². The second kappa shape index (κ2) is 5.45. The number of hydrogen-bond acceptors (Lipinski definition) is 4. The van der Waals surface area contributed by atoms with Gasteiger partial charge in [0, 0.05) is 5.39 Å². The predicted molar refractivity (Wildman–Crippen MR) is 67.0 cm³/mol. The molecule has 0 saturated carbocycles. The molecule has 6 heteroatoms. The van der Waals surface area contributed by atoms with Gasteiger partial charge in [0.05, 0.1) is 6.26 Å². The van der Waals surface area contributed by atoms with Crippen molar-refractivity contribution in [3.05, 3.63) is 30.5 Å². The molecule has 0 radical (unpaired) electrons. The van der Waals surface area contributed by atoms with Crippen LogP contribution in [0.1, 0.15) is 6.92 Å². The maximum atomic E-state index is 8.52. The molecule has 0 saturated heterocycles. The molecular weight excluding hydrogens is 244 g/mol. The van der Waals surface area contributed by atoms with Crippen LogP contribution in [-0.2, 0) is 0 Å². The van der Waals surface area contributed by atoms with E-state index in [1.165, 1.54) is 0 Å². The molecule has 0 amide bonds. The number of oxime groups is 1.